The normalized spacial score (nSPS) is 10.5. The molecule has 0 bridgehead atoms. The van der Waals surface area contributed by atoms with E-state index in [1.54, 1.807) is 18.2 Å². The lowest BCUT2D eigenvalue weighted by Gasteiger charge is -2.06. The molecular weight excluding hydrogens is 314 g/mol. The van der Waals surface area contributed by atoms with Crippen LogP contribution in [0, 0.1) is 0 Å². The van der Waals surface area contributed by atoms with E-state index in [4.69, 9.17) is 4.55 Å². The van der Waals surface area contributed by atoms with E-state index in [-0.39, 0.29) is 4.90 Å². The number of aryl methyl sites for hydroxylation is 1. The first-order valence-corrected chi connectivity index (χ1v) is 9.24. The molecule has 0 fully saturated rings. The Bertz CT molecular complexity index is 582. The van der Waals surface area contributed by atoms with Crippen molar-refractivity contribution >= 4 is 16.0 Å². The predicted molar refractivity (Wildman–Crippen MR) is 92.7 cm³/mol. The van der Waals surface area contributed by atoms with E-state index >= 15 is 0 Å². The largest absolute Gasteiger partial charge is 0.366 e. The second-order valence-corrected chi connectivity index (χ2v) is 6.60. The lowest BCUT2D eigenvalue weighted by Crippen LogP contribution is -2.04. The van der Waals surface area contributed by atoms with Crippen LogP contribution in [-0.4, -0.2) is 18.9 Å². The minimum Gasteiger partial charge on any atom is -0.366 e. The number of primary amides is 1. The number of carbonyl (C=O) groups excluding carboxylic acids is 1. The summed E-state index contributed by atoms with van der Waals surface area (Å²) >= 11 is 0. The van der Waals surface area contributed by atoms with Gasteiger partial charge in [-0.25, -0.2) is 0 Å². The van der Waals surface area contributed by atoms with Gasteiger partial charge in [-0.2, -0.15) is 8.42 Å². The SMILES string of the molecule is C=CC(N)=O.CCCCCCCCc1ccccc1S(=O)(=O)O. The van der Waals surface area contributed by atoms with E-state index in [1.165, 1.54) is 31.7 Å². The van der Waals surface area contributed by atoms with Crippen LogP contribution in [0.2, 0.25) is 0 Å². The van der Waals surface area contributed by atoms with Crippen LogP contribution in [0.4, 0.5) is 0 Å². The number of nitrogens with two attached hydrogens (primary N) is 1. The quantitative estimate of drug-likeness (QED) is 0.408. The summed E-state index contributed by atoms with van der Waals surface area (Å²) in [5.41, 5.74) is 5.25. The van der Waals surface area contributed by atoms with Crippen LogP contribution in [0.3, 0.4) is 0 Å². The smallest absolute Gasteiger partial charge is 0.294 e. The third-order valence-corrected chi connectivity index (χ3v) is 4.21. The van der Waals surface area contributed by atoms with E-state index in [2.05, 4.69) is 19.2 Å². The molecule has 6 heteroatoms. The summed E-state index contributed by atoms with van der Waals surface area (Å²) in [5.74, 6) is -0.481. The van der Waals surface area contributed by atoms with Crippen molar-refractivity contribution in [2.24, 2.45) is 5.73 Å². The van der Waals surface area contributed by atoms with Gasteiger partial charge in [0, 0.05) is 0 Å². The third kappa shape index (κ3) is 10.7. The molecule has 130 valence electrons. The Morgan fingerprint density at radius 3 is 2.22 bits per heavy atom. The molecule has 1 amide bonds. The van der Waals surface area contributed by atoms with E-state index < -0.39 is 16.0 Å². The van der Waals surface area contributed by atoms with Gasteiger partial charge in [-0.3, -0.25) is 9.35 Å². The van der Waals surface area contributed by atoms with Crippen LogP contribution >= 0.6 is 0 Å². The van der Waals surface area contributed by atoms with Gasteiger partial charge in [0.2, 0.25) is 5.91 Å². The molecule has 0 saturated carbocycles. The van der Waals surface area contributed by atoms with Gasteiger partial charge in [0.05, 0.1) is 4.90 Å². The zero-order valence-corrected chi connectivity index (χ0v) is 14.5. The van der Waals surface area contributed by atoms with Crippen molar-refractivity contribution in [3.05, 3.63) is 42.5 Å². The molecule has 1 rings (SSSR count). The van der Waals surface area contributed by atoms with Crippen molar-refractivity contribution in [3.63, 3.8) is 0 Å². The minimum absolute atomic E-state index is 0.0542. The maximum Gasteiger partial charge on any atom is 0.294 e. The Hall–Kier alpha value is -1.66. The van der Waals surface area contributed by atoms with Gasteiger partial charge in [0.15, 0.2) is 0 Å². The number of rotatable bonds is 9. The molecule has 3 N–H and O–H groups in total. The molecule has 0 aromatic heterocycles. The van der Waals surface area contributed by atoms with Crippen molar-refractivity contribution in [1.82, 2.24) is 0 Å². The standard InChI is InChI=1S/C14H22O3S.C3H5NO/c1-2-3-4-5-6-7-10-13-11-8-9-12-14(13)18(15,16)17;1-2-3(4)5/h8-9,11-12H,2-7,10H2,1H3,(H,15,16,17);2H,1H2,(H2,4,5). The molecule has 0 aliphatic rings. The zero-order valence-electron chi connectivity index (χ0n) is 13.7. The fourth-order valence-electron chi connectivity index (χ4n) is 2.06. The van der Waals surface area contributed by atoms with Crippen molar-refractivity contribution in [2.75, 3.05) is 0 Å². The first kappa shape index (κ1) is 21.3. The van der Waals surface area contributed by atoms with Gasteiger partial charge in [0.25, 0.3) is 10.1 Å². The van der Waals surface area contributed by atoms with Gasteiger partial charge in [-0.1, -0.05) is 63.8 Å². The second kappa shape index (κ2) is 11.8. The van der Waals surface area contributed by atoms with E-state index in [0.717, 1.165) is 24.5 Å². The number of unbranched alkanes of at least 4 members (excludes halogenated alkanes) is 5. The lowest BCUT2D eigenvalue weighted by atomic mass is 10.1. The molecule has 0 aliphatic carbocycles. The van der Waals surface area contributed by atoms with Crippen LogP contribution in [-0.2, 0) is 21.3 Å². The first-order chi connectivity index (χ1) is 10.8. The predicted octanol–water partition coefficient (Wildman–Crippen LogP) is 3.49. The molecule has 1 aromatic rings. The van der Waals surface area contributed by atoms with E-state index in [0.29, 0.717) is 6.42 Å². The van der Waals surface area contributed by atoms with Crippen molar-refractivity contribution in [3.8, 4) is 0 Å². The Labute approximate surface area is 139 Å². The van der Waals surface area contributed by atoms with Crippen molar-refractivity contribution in [1.29, 1.82) is 0 Å². The molecule has 0 atom stereocenters. The Kier molecular flexibility index (Phi) is 11.0. The highest BCUT2D eigenvalue weighted by Crippen LogP contribution is 2.18. The first-order valence-electron chi connectivity index (χ1n) is 7.80. The van der Waals surface area contributed by atoms with Crippen LogP contribution in [0.25, 0.3) is 0 Å². The molecule has 5 nitrogen and oxygen atoms in total. The van der Waals surface area contributed by atoms with Gasteiger partial charge in [-0.15, -0.1) is 0 Å². The van der Waals surface area contributed by atoms with E-state index in [1.807, 2.05) is 0 Å². The van der Waals surface area contributed by atoms with Gasteiger partial charge in [0.1, 0.15) is 0 Å². The highest BCUT2D eigenvalue weighted by Gasteiger charge is 2.13. The van der Waals surface area contributed by atoms with Gasteiger partial charge in [-0.05, 0) is 30.5 Å². The minimum atomic E-state index is -4.08. The number of amides is 1. The summed E-state index contributed by atoms with van der Waals surface area (Å²) in [6.45, 7) is 5.27. The summed E-state index contributed by atoms with van der Waals surface area (Å²) < 4.78 is 31.5. The molecule has 0 radical (unpaired) electrons. The molecule has 0 heterocycles. The van der Waals surface area contributed by atoms with Crippen LogP contribution in [0.5, 0.6) is 0 Å². The summed E-state index contributed by atoms with van der Waals surface area (Å²) in [4.78, 5) is 9.53. The molecule has 1 aromatic carbocycles. The highest BCUT2D eigenvalue weighted by molar-refractivity contribution is 7.85. The summed E-state index contributed by atoms with van der Waals surface area (Å²) in [7, 11) is -4.08. The zero-order chi connectivity index (χ0) is 17.7. The van der Waals surface area contributed by atoms with Gasteiger partial charge >= 0.3 is 0 Å². The van der Waals surface area contributed by atoms with Crippen molar-refractivity contribution in [2.45, 2.75) is 56.8 Å². The fourth-order valence-corrected chi connectivity index (χ4v) is 2.81. The molecule has 0 spiro atoms. The summed E-state index contributed by atoms with van der Waals surface area (Å²) in [6.07, 6.45) is 8.78. The third-order valence-electron chi connectivity index (χ3n) is 3.25. The van der Waals surface area contributed by atoms with Crippen LogP contribution in [0.15, 0.2) is 41.8 Å². The van der Waals surface area contributed by atoms with E-state index in [9.17, 15) is 13.2 Å². The second-order valence-electron chi connectivity index (χ2n) is 5.21. The Balaban J connectivity index is 0.000000841. The number of benzene rings is 1. The molecule has 0 saturated heterocycles. The summed E-state index contributed by atoms with van der Waals surface area (Å²) in [6, 6.07) is 6.67. The fraction of sp³-hybridized carbons (Fsp3) is 0.471. The average molecular weight is 341 g/mol. The summed E-state index contributed by atoms with van der Waals surface area (Å²) in [5, 5.41) is 0. The van der Waals surface area contributed by atoms with Gasteiger partial charge < -0.3 is 5.73 Å². The molecule has 0 unspecified atom stereocenters. The molecule has 23 heavy (non-hydrogen) atoms. The maximum absolute atomic E-state index is 11.2. The van der Waals surface area contributed by atoms with Crippen molar-refractivity contribution < 1.29 is 17.8 Å². The average Bonchev–Trinajstić information content (AvgIpc) is 2.50. The molecule has 0 aliphatic heterocycles. The van der Waals surface area contributed by atoms with Crippen LogP contribution < -0.4 is 5.73 Å². The molecular formula is C17H27NO4S. The number of hydrogen-bond acceptors (Lipinski definition) is 3. The highest BCUT2D eigenvalue weighted by atomic mass is 32.2. The van der Waals surface area contributed by atoms with Crippen LogP contribution in [0.1, 0.15) is 51.0 Å². The Morgan fingerprint density at radius 1 is 1.17 bits per heavy atom. The topological polar surface area (TPSA) is 97.5 Å². The maximum atomic E-state index is 11.2. The lowest BCUT2D eigenvalue weighted by molar-refractivity contribution is -0.113. The monoisotopic (exact) mass is 341 g/mol. The Morgan fingerprint density at radius 2 is 1.70 bits per heavy atom. The number of hydrogen-bond donors (Lipinski definition) is 2. The number of carbonyl (C=O) groups is 1.